The average Bonchev–Trinajstić information content (AvgIpc) is 3.03. The molecule has 8 nitrogen and oxygen atoms in total. The summed E-state index contributed by atoms with van der Waals surface area (Å²) in [7, 11) is -3.70. The van der Waals surface area contributed by atoms with Crippen molar-refractivity contribution >= 4 is 32.5 Å². The van der Waals surface area contributed by atoms with Crippen LogP contribution < -0.4 is 0 Å². The smallest absolute Gasteiger partial charge is 0.295 e. The molecular weight excluding hydrogens is 428 g/mol. The standard InChI is InChI=1S/C23H28N4O4S/c1-5-26(6-2)32(30,31)18-11-9-10-17(14-18)22(28)25-24-21-19-12-7-8-13-20(19)27(23(21)29)15-16(3)4/h7-14,16,29H,5-6,15H2,1-4H3. The van der Waals surface area contributed by atoms with Crippen LogP contribution in [-0.4, -0.2) is 41.4 Å². The molecule has 1 N–H and O–H groups in total. The number of rotatable bonds is 8. The van der Waals surface area contributed by atoms with Crippen LogP contribution in [0.2, 0.25) is 0 Å². The molecule has 0 aliphatic carbocycles. The summed E-state index contributed by atoms with van der Waals surface area (Å²) in [5.41, 5.74) is 1.11. The Morgan fingerprint density at radius 2 is 1.78 bits per heavy atom. The van der Waals surface area contributed by atoms with Crippen molar-refractivity contribution < 1.29 is 18.3 Å². The summed E-state index contributed by atoms with van der Waals surface area (Å²) in [5.74, 6) is -0.463. The third-order valence-electron chi connectivity index (χ3n) is 5.13. The Bertz CT molecular complexity index is 1260. The number of para-hydroxylation sites is 1. The minimum absolute atomic E-state index is 0.0265. The van der Waals surface area contributed by atoms with Crippen molar-refractivity contribution in [3.8, 4) is 5.88 Å². The number of azo groups is 1. The molecule has 9 heteroatoms. The Kier molecular flexibility index (Phi) is 7.10. The van der Waals surface area contributed by atoms with E-state index in [0.717, 1.165) is 5.52 Å². The minimum Gasteiger partial charge on any atom is -0.493 e. The van der Waals surface area contributed by atoms with E-state index < -0.39 is 15.9 Å². The number of nitrogens with zero attached hydrogens (tertiary/aromatic N) is 4. The Hall–Kier alpha value is -3.04. The van der Waals surface area contributed by atoms with Crippen LogP contribution in [0, 0.1) is 5.92 Å². The van der Waals surface area contributed by atoms with Crippen LogP contribution in [0.3, 0.4) is 0 Å². The number of sulfonamides is 1. The van der Waals surface area contributed by atoms with Gasteiger partial charge < -0.3 is 9.67 Å². The first-order valence-electron chi connectivity index (χ1n) is 10.6. The predicted molar refractivity (Wildman–Crippen MR) is 124 cm³/mol. The molecule has 0 unspecified atom stereocenters. The lowest BCUT2D eigenvalue weighted by Gasteiger charge is -2.18. The number of amides is 1. The van der Waals surface area contributed by atoms with E-state index in [1.807, 2.05) is 38.1 Å². The molecule has 0 saturated carbocycles. The van der Waals surface area contributed by atoms with E-state index in [1.165, 1.54) is 28.6 Å². The normalized spacial score (nSPS) is 12.4. The second-order valence-electron chi connectivity index (χ2n) is 7.82. The maximum absolute atomic E-state index is 12.8. The maximum atomic E-state index is 12.8. The van der Waals surface area contributed by atoms with Crippen LogP contribution in [0.15, 0.2) is 63.7 Å². The average molecular weight is 457 g/mol. The lowest BCUT2D eigenvalue weighted by molar-refractivity contribution is 0.0995. The van der Waals surface area contributed by atoms with Gasteiger partial charge in [-0.25, -0.2) is 8.42 Å². The molecule has 0 aliphatic rings. The molecule has 0 saturated heterocycles. The first-order chi connectivity index (χ1) is 15.2. The third kappa shape index (κ3) is 4.58. The van der Waals surface area contributed by atoms with Crippen LogP contribution in [0.4, 0.5) is 5.69 Å². The topological polar surface area (TPSA) is 104 Å². The van der Waals surface area contributed by atoms with Crippen LogP contribution >= 0.6 is 0 Å². The molecule has 3 rings (SSSR count). The number of hydrogen-bond donors (Lipinski definition) is 1. The second kappa shape index (κ2) is 9.62. The van der Waals surface area contributed by atoms with Crippen molar-refractivity contribution in [3.63, 3.8) is 0 Å². The van der Waals surface area contributed by atoms with Gasteiger partial charge in [0.15, 0.2) is 5.69 Å². The van der Waals surface area contributed by atoms with E-state index in [4.69, 9.17) is 0 Å². The van der Waals surface area contributed by atoms with Crippen molar-refractivity contribution in [2.45, 2.75) is 39.1 Å². The Balaban J connectivity index is 1.96. The maximum Gasteiger partial charge on any atom is 0.295 e. The number of carbonyl (C=O) groups is 1. The molecule has 2 aromatic carbocycles. The van der Waals surface area contributed by atoms with E-state index >= 15 is 0 Å². The number of aromatic nitrogens is 1. The van der Waals surface area contributed by atoms with Gasteiger partial charge in [0.2, 0.25) is 15.9 Å². The second-order valence-corrected chi connectivity index (χ2v) is 9.75. The largest absolute Gasteiger partial charge is 0.493 e. The summed E-state index contributed by atoms with van der Waals surface area (Å²) in [6, 6.07) is 13.1. The van der Waals surface area contributed by atoms with Gasteiger partial charge in [-0.05, 0) is 30.2 Å². The predicted octanol–water partition coefficient (Wildman–Crippen LogP) is 4.96. The van der Waals surface area contributed by atoms with Crippen LogP contribution in [-0.2, 0) is 16.6 Å². The van der Waals surface area contributed by atoms with Crippen LogP contribution in [0.5, 0.6) is 5.88 Å². The molecule has 0 fully saturated rings. The molecule has 0 aliphatic heterocycles. The molecule has 1 amide bonds. The fourth-order valence-corrected chi connectivity index (χ4v) is 5.08. The zero-order valence-electron chi connectivity index (χ0n) is 18.7. The number of fused-ring (bicyclic) bond motifs is 1. The van der Waals surface area contributed by atoms with Gasteiger partial charge in [0.25, 0.3) is 5.91 Å². The highest BCUT2D eigenvalue weighted by atomic mass is 32.2. The van der Waals surface area contributed by atoms with Crippen molar-refractivity contribution in [3.05, 3.63) is 54.1 Å². The van der Waals surface area contributed by atoms with Gasteiger partial charge in [-0.15, -0.1) is 10.2 Å². The summed E-state index contributed by atoms with van der Waals surface area (Å²) in [5, 5.41) is 19.2. The fourth-order valence-electron chi connectivity index (χ4n) is 3.58. The van der Waals surface area contributed by atoms with Gasteiger partial charge in [0, 0.05) is 30.6 Å². The van der Waals surface area contributed by atoms with Crippen molar-refractivity contribution in [1.82, 2.24) is 8.87 Å². The van der Waals surface area contributed by atoms with Gasteiger partial charge in [-0.3, -0.25) is 4.79 Å². The highest BCUT2D eigenvalue weighted by Crippen LogP contribution is 2.39. The molecule has 170 valence electrons. The molecule has 3 aromatic rings. The molecule has 1 heterocycles. The number of aromatic hydroxyl groups is 1. The monoisotopic (exact) mass is 456 g/mol. The quantitative estimate of drug-likeness (QED) is 0.484. The van der Waals surface area contributed by atoms with E-state index in [2.05, 4.69) is 10.2 Å². The number of hydrogen-bond acceptors (Lipinski definition) is 5. The Labute approximate surface area is 188 Å². The van der Waals surface area contributed by atoms with Crippen molar-refractivity contribution in [1.29, 1.82) is 0 Å². The summed E-state index contributed by atoms with van der Waals surface area (Å²) < 4.78 is 28.6. The number of benzene rings is 2. The molecule has 0 bridgehead atoms. The Morgan fingerprint density at radius 3 is 2.44 bits per heavy atom. The molecule has 1 aromatic heterocycles. The third-order valence-corrected chi connectivity index (χ3v) is 7.18. The molecular formula is C23H28N4O4S. The highest BCUT2D eigenvalue weighted by molar-refractivity contribution is 7.89. The molecule has 0 atom stereocenters. The molecule has 32 heavy (non-hydrogen) atoms. The van der Waals surface area contributed by atoms with Gasteiger partial charge in [0.05, 0.1) is 10.4 Å². The van der Waals surface area contributed by atoms with E-state index in [-0.39, 0.29) is 22.0 Å². The molecule has 0 radical (unpaired) electrons. The van der Waals surface area contributed by atoms with Gasteiger partial charge in [-0.1, -0.05) is 52.0 Å². The Morgan fingerprint density at radius 1 is 1.09 bits per heavy atom. The van der Waals surface area contributed by atoms with Crippen LogP contribution in [0.1, 0.15) is 38.1 Å². The minimum atomic E-state index is -3.70. The zero-order chi connectivity index (χ0) is 23.5. The van der Waals surface area contributed by atoms with Gasteiger partial charge in [0.1, 0.15) is 0 Å². The van der Waals surface area contributed by atoms with E-state index in [1.54, 1.807) is 18.4 Å². The zero-order valence-corrected chi connectivity index (χ0v) is 19.5. The summed E-state index contributed by atoms with van der Waals surface area (Å²) in [6.07, 6.45) is 0. The van der Waals surface area contributed by atoms with Crippen LogP contribution in [0.25, 0.3) is 10.9 Å². The van der Waals surface area contributed by atoms with Crippen molar-refractivity contribution in [2.75, 3.05) is 13.1 Å². The summed E-state index contributed by atoms with van der Waals surface area (Å²) in [4.78, 5) is 12.7. The van der Waals surface area contributed by atoms with E-state index in [9.17, 15) is 18.3 Å². The lowest BCUT2D eigenvalue weighted by atomic mass is 10.2. The fraction of sp³-hybridized carbons (Fsp3) is 0.348. The summed E-state index contributed by atoms with van der Waals surface area (Å²) >= 11 is 0. The first kappa shape index (κ1) is 23.6. The van der Waals surface area contributed by atoms with Gasteiger partial charge >= 0.3 is 0 Å². The van der Waals surface area contributed by atoms with E-state index in [0.29, 0.717) is 30.9 Å². The SMILES string of the molecule is CCN(CC)S(=O)(=O)c1cccc(C(=O)N=Nc2c(O)n(CC(C)C)c3ccccc23)c1. The summed E-state index contributed by atoms with van der Waals surface area (Å²) in [6.45, 7) is 8.84. The van der Waals surface area contributed by atoms with Gasteiger partial charge in [-0.2, -0.15) is 4.31 Å². The first-order valence-corrected chi connectivity index (χ1v) is 12.0. The lowest BCUT2D eigenvalue weighted by Crippen LogP contribution is -2.30. The molecule has 0 spiro atoms. The van der Waals surface area contributed by atoms with Crippen molar-refractivity contribution in [2.24, 2.45) is 16.1 Å². The highest BCUT2D eigenvalue weighted by Gasteiger charge is 2.23. The number of carbonyl (C=O) groups excluding carboxylic acids is 1.